The third-order valence-corrected chi connectivity index (χ3v) is 5.87. The number of fused-ring (bicyclic) bond motifs is 2. The van der Waals surface area contributed by atoms with Crippen LogP contribution in [0.3, 0.4) is 0 Å². The molecule has 0 aliphatic heterocycles. The molecule has 0 aliphatic carbocycles. The molecule has 4 aromatic rings. The molecule has 26 heavy (non-hydrogen) atoms. The zero-order valence-corrected chi connectivity index (χ0v) is 16.7. The van der Waals surface area contributed by atoms with Crippen molar-refractivity contribution in [3.63, 3.8) is 0 Å². The highest BCUT2D eigenvalue weighted by atomic mass is 79.9. The van der Waals surface area contributed by atoms with E-state index in [1.165, 1.54) is 9.13 Å². The fraction of sp³-hybridized carbons (Fsp3) is 0.235. The Bertz CT molecular complexity index is 1310. The van der Waals surface area contributed by atoms with Crippen LogP contribution < -0.4 is 11.2 Å². The second-order valence-corrected chi connectivity index (χ2v) is 7.33. The number of imidazole rings is 1. The van der Waals surface area contributed by atoms with Crippen LogP contribution >= 0.6 is 27.5 Å². The largest absolute Gasteiger partial charge is 0.351 e. The van der Waals surface area contributed by atoms with Gasteiger partial charge in [0.2, 0.25) is 0 Å². The van der Waals surface area contributed by atoms with Crippen LogP contribution in [-0.4, -0.2) is 23.3 Å². The molecule has 9 heteroatoms. The molecule has 0 bridgehead atoms. The van der Waals surface area contributed by atoms with E-state index in [1.807, 2.05) is 36.0 Å². The Morgan fingerprint density at radius 3 is 2.58 bits per heavy atom. The Labute approximate surface area is 161 Å². The number of rotatable bonds is 2. The topological polar surface area (TPSA) is 66.8 Å². The minimum absolute atomic E-state index is 0.0912. The molecule has 0 amide bonds. The summed E-state index contributed by atoms with van der Waals surface area (Å²) in [6.45, 7) is 0.0912. The van der Waals surface area contributed by atoms with Gasteiger partial charge in [0, 0.05) is 38.2 Å². The predicted molar refractivity (Wildman–Crippen MR) is 105 cm³/mol. The Morgan fingerprint density at radius 1 is 1.12 bits per heavy atom. The van der Waals surface area contributed by atoms with Crippen LogP contribution in [0, 0.1) is 0 Å². The molecule has 0 spiro atoms. The van der Waals surface area contributed by atoms with Gasteiger partial charge in [-0.3, -0.25) is 13.9 Å². The number of halogens is 2. The van der Waals surface area contributed by atoms with Crippen molar-refractivity contribution in [1.82, 2.24) is 23.3 Å². The number of aromatic nitrogens is 5. The quantitative estimate of drug-likeness (QED) is 0.453. The van der Waals surface area contributed by atoms with Gasteiger partial charge >= 0.3 is 5.69 Å². The Kier molecular flexibility index (Phi) is 3.85. The first-order chi connectivity index (χ1) is 12.3. The second kappa shape index (κ2) is 5.85. The highest BCUT2D eigenvalue weighted by molar-refractivity contribution is 9.10. The van der Waals surface area contributed by atoms with Crippen molar-refractivity contribution >= 4 is 49.6 Å². The standard InChI is InChI=1S/C17H15BrClN5O2/c1-21-7-6-10-11(21)5-4-9(12(10)19)8-24-15(25)13-14(23(3)17(24)26)20-16(18)22(13)2/h4-7H,8H2,1-3H3. The maximum Gasteiger partial charge on any atom is 0.332 e. The molecule has 0 radical (unpaired) electrons. The smallest absolute Gasteiger partial charge is 0.332 e. The summed E-state index contributed by atoms with van der Waals surface area (Å²) in [5.41, 5.74) is 1.58. The highest BCUT2D eigenvalue weighted by Crippen LogP contribution is 2.28. The highest BCUT2D eigenvalue weighted by Gasteiger charge is 2.18. The van der Waals surface area contributed by atoms with E-state index in [9.17, 15) is 9.59 Å². The summed E-state index contributed by atoms with van der Waals surface area (Å²) < 4.78 is 6.63. The molecule has 3 heterocycles. The molecule has 0 fully saturated rings. The Balaban J connectivity index is 1.96. The van der Waals surface area contributed by atoms with Crippen LogP contribution in [0.2, 0.25) is 5.02 Å². The van der Waals surface area contributed by atoms with Gasteiger partial charge in [0.15, 0.2) is 15.9 Å². The first kappa shape index (κ1) is 17.1. The van der Waals surface area contributed by atoms with Crippen molar-refractivity contribution in [2.24, 2.45) is 21.1 Å². The summed E-state index contributed by atoms with van der Waals surface area (Å²) in [5, 5.41) is 1.43. The Morgan fingerprint density at radius 2 is 1.85 bits per heavy atom. The van der Waals surface area contributed by atoms with Crippen molar-refractivity contribution in [3.8, 4) is 0 Å². The fourth-order valence-corrected chi connectivity index (χ4v) is 3.84. The maximum atomic E-state index is 12.9. The predicted octanol–water partition coefficient (Wildman–Crippen LogP) is 2.39. The number of hydrogen-bond acceptors (Lipinski definition) is 3. The minimum Gasteiger partial charge on any atom is -0.351 e. The first-order valence-electron chi connectivity index (χ1n) is 7.85. The van der Waals surface area contributed by atoms with Gasteiger partial charge in [-0.25, -0.2) is 9.78 Å². The van der Waals surface area contributed by atoms with E-state index < -0.39 is 11.2 Å². The lowest BCUT2D eigenvalue weighted by atomic mass is 10.1. The third kappa shape index (κ3) is 2.29. The molecule has 7 nitrogen and oxygen atoms in total. The minimum atomic E-state index is -0.433. The molecule has 3 aromatic heterocycles. The van der Waals surface area contributed by atoms with Gasteiger partial charge < -0.3 is 9.13 Å². The van der Waals surface area contributed by atoms with E-state index in [0.717, 1.165) is 10.9 Å². The molecule has 4 rings (SSSR count). The zero-order valence-electron chi connectivity index (χ0n) is 14.3. The summed E-state index contributed by atoms with van der Waals surface area (Å²) in [6, 6.07) is 5.70. The summed E-state index contributed by atoms with van der Waals surface area (Å²) in [4.78, 5) is 29.9. The zero-order chi connectivity index (χ0) is 18.7. The average molecular weight is 437 g/mol. The maximum absolute atomic E-state index is 12.9. The van der Waals surface area contributed by atoms with E-state index in [-0.39, 0.29) is 6.54 Å². The van der Waals surface area contributed by atoms with E-state index in [2.05, 4.69) is 20.9 Å². The van der Waals surface area contributed by atoms with E-state index >= 15 is 0 Å². The molecule has 0 saturated heterocycles. The number of nitrogens with zero attached hydrogens (tertiary/aromatic N) is 5. The monoisotopic (exact) mass is 435 g/mol. The molecule has 0 aliphatic rings. The SMILES string of the molecule is Cn1ccc2c(Cl)c(Cn3c(=O)c4c(nc(Br)n4C)n(C)c3=O)ccc21. The first-order valence-corrected chi connectivity index (χ1v) is 9.02. The van der Waals surface area contributed by atoms with Gasteiger partial charge in [0.05, 0.1) is 11.6 Å². The lowest BCUT2D eigenvalue weighted by Crippen LogP contribution is -2.39. The van der Waals surface area contributed by atoms with Crippen LogP contribution in [0.4, 0.5) is 0 Å². The van der Waals surface area contributed by atoms with Gasteiger partial charge in [-0.2, -0.15) is 0 Å². The molecule has 0 unspecified atom stereocenters. The summed E-state index contributed by atoms with van der Waals surface area (Å²) >= 11 is 9.84. The molecule has 0 atom stereocenters. The fourth-order valence-electron chi connectivity index (χ4n) is 3.21. The number of benzene rings is 1. The molecular weight excluding hydrogens is 422 g/mol. The molecule has 134 valence electrons. The number of hydrogen-bond donors (Lipinski definition) is 0. The van der Waals surface area contributed by atoms with E-state index in [4.69, 9.17) is 11.6 Å². The molecule has 0 N–H and O–H groups in total. The van der Waals surface area contributed by atoms with E-state index in [0.29, 0.717) is 26.5 Å². The van der Waals surface area contributed by atoms with Crippen LogP contribution in [0.1, 0.15) is 5.56 Å². The normalized spacial score (nSPS) is 11.7. The van der Waals surface area contributed by atoms with Crippen LogP contribution in [0.25, 0.3) is 22.1 Å². The second-order valence-electron chi connectivity index (χ2n) is 6.24. The van der Waals surface area contributed by atoms with Crippen molar-refractivity contribution in [2.45, 2.75) is 6.54 Å². The van der Waals surface area contributed by atoms with Crippen LogP contribution in [-0.2, 0) is 27.7 Å². The van der Waals surface area contributed by atoms with Gasteiger partial charge in [-0.05, 0) is 33.6 Å². The van der Waals surface area contributed by atoms with Crippen molar-refractivity contribution in [1.29, 1.82) is 0 Å². The van der Waals surface area contributed by atoms with Gasteiger partial charge in [0.25, 0.3) is 5.56 Å². The lowest BCUT2D eigenvalue weighted by Gasteiger charge is -2.11. The van der Waals surface area contributed by atoms with Crippen molar-refractivity contribution < 1.29 is 0 Å². The molecule has 1 aromatic carbocycles. The van der Waals surface area contributed by atoms with Crippen LogP contribution in [0.5, 0.6) is 0 Å². The third-order valence-electron chi connectivity index (χ3n) is 4.72. The summed E-state index contributed by atoms with van der Waals surface area (Å²) in [6.07, 6.45) is 1.92. The van der Waals surface area contributed by atoms with Gasteiger partial charge in [0.1, 0.15) is 0 Å². The van der Waals surface area contributed by atoms with Crippen molar-refractivity contribution in [3.05, 3.63) is 60.6 Å². The van der Waals surface area contributed by atoms with Gasteiger partial charge in [-0.15, -0.1) is 0 Å². The molecular formula is C17H15BrClN5O2. The lowest BCUT2D eigenvalue weighted by molar-refractivity contribution is 0.655. The molecule has 0 saturated carbocycles. The Hall–Kier alpha value is -2.32. The summed E-state index contributed by atoms with van der Waals surface area (Å²) in [5.74, 6) is 0. The summed E-state index contributed by atoms with van der Waals surface area (Å²) in [7, 11) is 5.26. The van der Waals surface area contributed by atoms with Crippen LogP contribution in [0.15, 0.2) is 38.7 Å². The van der Waals surface area contributed by atoms with Gasteiger partial charge in [-0.1, -0.05) is 17.7 Å². The van der Waals surface area contributed by atoms with Crippen molar-refractivity contribution in [2.75, 3.05) is 0 Å². The number of aryl methyl sites for hydroxylation is 3. The van der Waals surface area contributed by atoms with E-state index in [1.54, 1.807) is 18.7 Å². The average Bonchev–Trinajstić information content (AvgIpc) is 3.13.